The minimum absolute atomic E-state index is 0.00412. The molecule has 3 nitrogen and oxygen atoms in total. The van der Waals surface area contributed by atoms with Crippen molar-refractivity contribution in [1.82, 2.24) is 9.80 Å². The first-order valence-corrected chi connectivity index (χ1v) is 5.18. The van der Waals surface area contributed by atoms with Crippen LogP contribution in [-0.4, -0.2) is 29.4 Å². The van der Waals surface area contributed by atoms with E-state index < -0.39 is 0 Å². The van der Waals surface area contributed by atoms with Crippen molar-refractivity contribution in [2.24, 2.45) is 0 Å². The van der Waals surface area contributed by atoms with Gasteiger partial charge in [-0.3, -0.25) is 9.69 Å². The minimum atomic E-state index is 0.00412. The maximum atomic E-state index is 11.7. The van der Waals surface area contributed by atoms with Crippen LogP contribution in [0.2, 0.25) is 0 Å². The monoisotopic (exact) mass is 214 g/mol. The lowest BCUT2D eigenvalue weighted by molar-refractivity contribution is -0.123. The molecule has 0 bridgehead atoms. The van der Waals surface area contributed by atoms with Gasteiger partial charge in [0, 0.05) is 25.5 Å². The fraction of sp³-hybridized carbons (Fsp3) is 0.154. The summed E-state index contributed by atoms with van der Waals surface area (Å²) in [5, 5.41) is 0. The number of carbonyl (C=O) groups excluding carboxylic acids is 1. The van der Waals surface area contributed by atoms with Gasteiger partial charge in [0.05, 0.1) is 6.67 Å². The first kappa shape index (κ1) is 10.5. The number of hydrogen-bond acceptors (Lipinski definition) is 2. The van der Waals surface area contributed by atoms with Gasteiger partial charge >= 0.3 is 0 Å². The Morgan fingerprint density at radius 3 is 2.62 bits per heavy atom. The maximum Gasteiger partial charge on any atom is 0.252 e. The molecule has 1 aliphatic heterocycles. The molecular weight excluding hydrogens is 200 g/mol. The summed E-state index contributed by atoms with van der Waals surface area (Å²) < 4.78 is 0. The minimum Gasteiger partial charge on any atom is -0.361 e. The van der Waals surface area contributed by atoms with Crippen molar-refractivity contribution < 1.29 is 4.79 Å². The molecule has 16 heavy (non-hydrogen) atoms. The van der Waals surface area contributed by atoms with Crippen molar-refractivity contribution in [3.63, 3.8) is 0 Å². The van der Waals surface area contributed by atoms with Gasteiger partial charge in [-0.15, -0.1) is 0 Å². The van der Waals surface area contributed by atoms with Gasteiger partial charge in [-0.2, -0.15) is 0 Å². The number of hydrogen-bond donors (Lipinski definition) is 0. The van der Waals surface area contributed by atoms with Crippen LogP contribution in [0.25, 0.3) is 6.08 Å². The normalized spacial score (nSPS) is 15.1. The molecule has 2 rings (SSSR count). The number of carbonyl (C=O) groups is 1. The summed E-state index contributed by atoms with van der Waals surface area (Å²) >= 11 is 0. The third-order valence-electron chi connectivity index (χ3n) is 2.38. The molecule has 82 valence electrons. The van der Waals surface area contributed by atoms with Crippen molar-refractivity contribution in [2.75, 3.05) is 13.7 Å². The lowest BCUT2D eigenvalue weighted by Crippen LogP contribution is -2.27. The topological polar surface area (TPSA) is 23.6 Å². The molecule has 1 amide bonds. The third-order valence-corrected chi connectivity index (χ3v) is 2.38. The zero-order valence-electron chi connectivity index (χ0n) is 9.21. The molecule has 0 atom stereocenters. The fourth-order valence-corrected chi connectivity index (χ4v) is 1.50. The first-order valence-electron chi connectivity index (χ1n) is 5.18. The van der Waals surface area contributed by atoms with E-state index in [0.717, 1.165) is 5.56 Å². The van der Waals surface area contributed by atoms with Crippen LogP contribution in [0.5, 0.6) is 0 Å². The van der Waals surface area contributed by atoms with Crippen LogP contribution in [0, 0.1) is 0 Å². The standard InChI is InChI=1S/C13H14N2O/c1-14-9-10-15(11-14)13(16)8-7-12-5-3-2-4-6-12/h2-10H,11H2,1H3/b8-7+. The largest absolute Gasteiger partial charge is 0.361 e. The molecule has 1 aromatic carbocycles. The summed E-state index contributed by atoms with van der Waals surface area (Å²) in [7, 11) is 1.94. The SMILES string of the molecule is CN1C=CN(C(=O)/C=C/c2ccccc2)C1. The van der Waals surface area contributed by atoms with E-state index >= 15 is 0 Å². The Morgan fingerprint density at radius 2 is 2.00 bits per heavy atom. The fourth-order valence-electron chi connectivity index (χ4n) is 1.50. The highest BCUT2D eigenvalue weighted by Gasteiger charge is 2.13. The molecule has 0 spiro atoms. The molecule has 1 aromatic rings. The van der Waals surface area contributed by atoms with Crippen LogP contribution >= 0.6 is 0 Å². The molecule has 3 heteroatoms. The zero-order valence-corrected chi connectivity index (χ0v) is 9.21. The molecular formula is C13H14N2O. The summed E-state index contributed by atoms with van der Waals surface area (Å²) in [5.74, 6) is 0.00412. The Hall–Kier alpha value is -2.03. The average molecular weight is 214 g/mol. The second kappa shape index (κ2) is 4.66. The lowest BCUT2D eigenvalue weighted by Gasteiger charge is -2.13. The van der Waals surface area contributed by atoms with Crippen LogP contribution in [0.4, 0.5) is 0 Å². The zero-order chi connectivity index (χ0) is 11.4. The Balaban J connectivity index is 1.98. The van der Waals surface area contributed by atoms with Crippen molar-refractivity contribution in [3.05, 3.63) is 54.4 Å². The maximum absolute atomic E-state index is 11.7. The third kappa shape index (κ3) is 2.51. The summed E-state index contributed by atoms with van der Waals surface area (Å²) in [6.45, 7) is 0.623. The van der Waals surface area contributed by atoms with Crippen LogP contribution < -0.4 is 0 Å². The van der Waals surface area contributed by atoms with Gasteiger partial charge in [-0.1, -0.05) is 30.3 Å². The molecule has 0 saturated heterocycles. The van der Waals surface area contributed by atoms with E-state index in [1.54, 1.807) is 17.2 Å². The van der Waals surface area contributed by atoms with E-state index in [4.69, 9.17) is 0 Å². The van der Waals surface area contributed by atoms with Crippen LogP contribution in [0.15, 0.2) is 48.8 Å². The van der Waals surface area contributed by atoms with Crippen molar-refractivity contribution >= 4 is 12.0 Å². The second-order valence-electron chi connectivity index (χ2n) is 3.75. The molecule has 1 heterocycles. The van der Waals surface area contributed by atoms with E-state index in [-0.39, 0.29) is 5.91 Å². The van der Waals surface area contributed by atoms with Gasteiger partial charge in [0.15, 0.2) is 0 Å². The van der Waals surface area contributed by atoms with Crippen LogP contribution in [-0.2, 0) is 4.79 Å². The van der Waals surface area contributed by atoms with Gasteiger partial charge in [-0.25, -0.2) is 0 Å². The predicted molar refractivity (Wildman–Crippen MR) is 64.1 cm³/mol. The molecule has 0 aliphatic carbocycles. The van der Waals surface area contributed by atoms with Crippen molar-refractivity contribution in [2.45, 2.75) is 0 Å². The Labute approximate surface area is 95.3 Å². The molecule has 0 unspecified atom stereocenters. The van der Waals surface area contributed by atoms with Crippen LogP contribution in [0.3, 0.4) is 0 Å². The quantitative estimate of drug-likeness (QED) is 0.702. The number of rotatable bonds is 2. The van der Waals surface area contributed by atoms with Crippen molar-refractivity contribution in [1.29, 1.82) is 0 Å². The highest BCUT2D eigenvalue weighted by molar-refractivity contribution is 5.92. The number of amides is 1. The first-order chi connectivity index (χ1) is 7.75. The van der Waals surface area contributed by atoms with Crippen molar-refractivity contribution in [3.8, 4) is 0 Å². The summed E-state index contributed by atoms with van der Waals surface area (Å²) in [6, 6.07) is 9.80. The summed E-state index contributed by atoms with van der Waals surface area (Å²) in [5.41, 5.74) is 1.03. The van der Waals surface area contributed by atoms with Crippen LogP contribution in [0.1, 0.15) is 5.56 Å². The lowest BCUT2D eigenvalue weighted by atomic mass is 10.2. The van der Waals surface area contributed by atoms with Gasteiger partial charge in [0.1, 0.15) is 0 Å². The molecule has 0 saturated carbocycles. The smallest absolute Gasteiger partial charge is 0.252 e. The Morgan fingerprint density at radius 1 is 1.25 bits per heavy atom. The van der Waals surface area contributed by atoms with E-state index in [0.29, 0.717) is 6.67 Å². The Kier molecular flexibility index (Phi) is 3.05. The second-order valence-corrected chi connectivity index (χ2v) is 3.75. The molecule has 1 aliphatic rings. The van der Waals surface area contributed by atoms with E-state index in [1.807, 2.05) is 54.6 Å². The highest BCUT2D eigenvalue weighted by Crippen LogP contribution is 2.06. The number of benzene rings is 1. The highest BCUT2D eigenvalue weighted by atomic mass is 16.2. The Bertz CT molecular complexity index is 423. The predicted octanol–water partition coefficient (Wildman–Crippen LogP) is 1.90. The summed E-state index contributed by atoms with van der Waals surface area (Å²) in [6.07, 6.45) is 7.10. The van der Waals surface area contributed by atoms with E-state index in [2.05, 4.69) is 0 Å². The molecule has 0 radical (unpaired) electrons. The molecule has 0 N–H and O–H groups in total. The molecule has 0 fully saturated rings. The average Bonchev–Trinajstić information content (AvgIpc) is 2.74. The van der Waals surface area contributed by atoms with Gasteiger partial charge < -0.3 is 4.90 Å². The van der Waals surface area contributed by atoms with Gasteiger partial charge in [0.2, 0.25) is 0 Å². The van der Waals surface area contributed by atoms with E-state index in [1.165, 1.54) is 0 Å². The van der Waals surface area contributed by atoms with Gasteiger partial charge in [-0.05, 0) is 11.6 Å². The number of nitrogens with zero attached hydrogens (tertiary/aromatic N) is 2. The van der Waals surface area contributed by atoms with Gasteiger partial charge in [0.25, 0.3) is 5.91 Å². The summed E-state index contributed by atoms with van der Waals surface area (Å²) in [4.78, 5) is 15.3. The molecule has 0 aromatic heterocycles. The van der Waals surface area contributed by atoms with E-state index in [9.17, 15) is 4.79 Å².